The van der Waals surface area contributed by atoms with Crippen molar-refractivity contribution in [1.82, 2.24) is 0 Å². The molecular formula is C8H13OS. The van der Waals surface area contributed by atoms with Gasteiger partial charge in [-0.2, -0.15) is 0 Å². The number of rotatable bonds is 1. The van der Waals surface area contributed by atoms with Crippen LogP contribution in [-0.2, 0) is 4.79 Å². The van der Waals surface area contributed by atoms with Gasteiger partial charge >= 0.3 is 0 Å². The van der Waals surface area contributed by atoms with Crippen molar-refractivity contribution >= 4 is 16.9 Å². The molecule has 0 bridgehead atoms. The van der Waals surface area contributed by atoms with E-state index in [0.29, 0.717) is 11.0 Å². The molecule has 1 saturated carbocycles. The maximum atomic E-state index is 11.1. The highest BCUT2D eigenvalue weighted by atomic mass is 32.2. The van der Waals surface area contributed by atoms with Crippen molar-refractivity contribution in [3.05, 3.63) is 6.26 Å². The van der Waals surface area contributed by atoms with Crippen LogP contribution in [0.25, 0.3) is 0 Å². The minimum absolute atomic E-state index is 0.291. The first-order chi connectivity index (χ1) is 4.84. The molecule has 0 aromatic carbocycles. The normalized spacial score (nSPS) is 20.9. The van der Waals surface area contributed by atoms with E-state index in [2.05, 4.69) is 6.26 Å². The molecular weight excluding hydrogens is 144 g/mol. The third-order valence-electron chi connectivity index (χ3n) is 2.08. The van der Waals surface area contributed by atoms with E-state index in [1.165, 1.54) is 19.3 Å². The van der Waals surface area contributed by atoms with Gasteiger partial charge in [0.1, 0.15) is 0 Å². The van der Waals surface area contributed by atoms with Crippen LogP contribution < -0.4 is 0 Å². The van der Waals surface area contributed by atoms with Crippen LogP contribution in [0.5, 0.6) is 0 Å². The average Bonchev–Trinajstić information content (AvgIpc) is 2.05. The molecule has 0 aromatic heterocycles. The van der Waals surface area contributed by atoms with Gasteiger partial charge < -0.3 is 0 Å². The highest BCUT2D eigenvalue weighted by Gasteiger charge is 2.19. The van der Waals surface area contributed by atoms with E-state index in [-0.39, 0.29) is 0 Å². The van der Waals surface area contributed by atoms with Gasteiger partial charge in [-0.05, 0) is 12.8 Å². The van der Waals surface area contributed by atoms with E-state index in [4.69, 9.17) is 0 Å². The summed E-state index contributed by atoms with van der Waals surface area (Å²) in [6.45, 7) is 0. The minimum Gasteiger partial charge on any atom is -0.287 e. The Morgan fingerprint density at radius 3 is 2.40 bits per heavy atom. The highest BCUT2D eigenvalue weighted by molar-refractivity contribution is 8.14. The number of carbonyl (C=O) groups excluding carboxylic acids is 1. The standard InChI is InChI=1S/C8H13OS/c1-10-8(9)7-5-3-2-4-6-7/h7H,1-6H2. The fourth-order valence-corrected chi connectivity index (χ4v) is 1.93. The fraction of sp³-hybridized carbons (Fsp3) is 0.750. The quantitative estimate of drug-likeness (QED) is 0.582. The Labute approximate surface area is 66.6 Å². The van der Waals surface area contributed by atoms with Gasteiger partial charge in [-0.25, -0.2) is 0 Å². The summed E-state index contributed by atoms with van der Waals surface area (Å²) >= 11 is 1.14. The van der Waals surface area contributed by atoms with Gasteiger partial charge in [0.25, 0.3) is 0 Å². The molecule has 0 N–H and O–H groups in total. The van der Waals surface area contributed by atoms with Crippen molar-refractivity contribution in [2.75, 3.05) is 0 Å². The minimum atomic E-state index is 0.291. The Hall–Kier alpha value is 0.0200. The maximum absolute atomic E-state index is 11.1. The van der Waals surface area contributed by atoms with Gasteiger partial charge in [-0.1, -0.05) is 31.0 Å². The van der Waals surface area contributed by atoms with E-state index in [9.17, 15) is 4.79 Å². The molecule has 1 aliphatic rings. The van der Waals surface area contributed by atoms with Crippen molar-refractivity contribution < 1.29 is 4.79 Å². The smallest absolute Gasteiger partial charge is 0.192 e. The Morgan fingerprint density at radius 1 is 1.30 bits per heavy atom. The van der Waals surface area contributed by atoms with Gasteiger partial charge in [0.05, 0.1) is 0 Å². The van der Waals surface area contributed by atoms with Gasteiger partial charge in [0, 0.05) is 12.2 Å². The predicted molar refractivity (Wildman–Crippen MR) is 44.5 cm³/mol. The molecule has 1 fully saturated rings. The van der Waals surface area contributed by atoms with Gasteiger partial charge in [-0.15, -0.1) is 0 Å². The molecule has 0 amide bonds. The van der Waals surface area contributed by atoms with Crippen LogP contribution in [0, 0.1) is 12.2 Å². The lowest BCUT2D eigenvalue weighted by molar-refractivity contribution is -0.115. The van der Waals surface area contributed by atoms with Crippen LogP contribution >= 0.6 is 11.8 Å². The first-order valence-electron chi connectivity index (χ1n) is 3.80. The molecule has 1 radical (unpaired) electrons. The number of thioether (sulfide) groups is 1. The maximum Gasteiger partial charge on any atom is 0.192 e. The molecule has 0 saturated heterocycles. The second kappa shape index (κ2) is 4.02. The van der Waals surface area contributed by atoms with E-state index >= 15 is 0 Å². The molecule has 57 valence electrons. The molecule has 1 nitrogen and oxygen atoms in total. The molecule has 0 unspecified atom stereocenters. The molecule has 0 heterocycles. The molecule has 10 heavy (non-hydrogen) atoms. The topological polar surface area (TPSA) is 17.1 Å². The van der Waals surface area contributed by atoms with Crippen molar-refractivity contribution in [3.8, 4) is 0 Å². The zero-order valence-corrected chi connectivity index (χ0v) is 6.95. The first-order valence-corrected chi connectivity index (χ1v) is 4.79. The van der Waals surface area contributed by atoms with E-state index in [1.807, 2.05) is 0 Å². The summed E-state index contributed by atoms with van der Waals surface area (Å²) in [6, 6.07) is 0. The first kappa shape index (κ1) is 8.12. The zero-order chi connectivity index (χ0) is 7.40. The summed E-state index contributed by atoms with van der Waals surface area (Å²) in [7, 11) is 0. The van der Waals surface area contributed by atoms with Crippen molar-refractivity contribution in [3.63, 3.8) is 0 Å². The van der Waals surface area contributed by atoms with Crippen LogP contribution in [0.4, 0.5) is 0 Å². The fourth-order valence-electron chi connectivity index (χ4n) is 1.46. The third kappa shape index (κ3) is 2.01. The van der Waals surface area contributed by atoms with Crippen LogP contribution in [-0.4, -0.2) is 5.12 Å². The lowest BCUT2D eigenvalue weighted by Gasteiger charge is -2.18. The summed E-state index contributed by atoms with van der Waals surface area (Å²) in [5.74, 6) is 0.330. The zero-order valence-electron chi connectivity index (χ0n) is 6.14. The van der Waals surface area contributed by atoms with Crippen LogP contribution in [0.3, 0.4) is 0 Å². The van der Waals surface area contributed by atoms with E-state index in [0.717, 1.165) is 24.6 Å². The second-order valence-electron chi connectivity index (χ2n) is 2.80. The summed E-state index contributed by atoms with van der Waals surface area (Å²) in [6.07, 6.45) is 9.50. The molecule has 2 heteroatoms. The van der Waals surface area contributed by atoms with Crippen LogP contribution in [0.2, 0.25) is 0 Å². The van der Waals surface area contributed by atoms with Gasteiger partial charge in [0.15, 0.2) is 5.12 Å². The van der Waals surface area contributed by atoms with Crippen LogP contribution in [0.1, 0.15) is 32.1 Å². The van der Waals surface area contributed by atoms with Crippen molar-refractivity contribution in [2.24, 2.45) is 5.92 Å². The van der Waals surface area contributed by atoms with E-state index < -0.39 is 0 Å². The Bertz CT molecular complexity index is 116. The van der Waals surface area contributed by atoms with Gasteiger partial charge in [0.2, 0.25) is 0 Å². The Morgan fingerprint density at radius 2 is 1.90 bits per heavy atom. The summed E-state index contributed by atoms with van der Waals surface area (Å²) < 4.78 is 0. The number of hydrogen-bond donors (Lipinski definition) is 0. The predicted octanol–water partition coefficient (Wildman–Crippen LogP) is 2.62. The summed E-state index contributed by atoms with van der Waals surface area (Å²) in [5, 5.41) is 0.291. The van der Waals surface area contributed by atoms with E-state index in [1.54, 1.807) is 0 Å². The lowest BCUT2D eigenvalue weighted by atomic mass is 9.90. The molecule has 0 spiro atoms. The molecule has 1 aliphatic carbocycles. The summed E-state index contributed by atoms with van der Waals surface area (Å²) in [5.41, 5.74) is 0. The van der Waals surface area contributed by atoms with Crippen LogP contribution in [0.15, 0.2) is 0 Å². The largest absolute Gasteiger partial charge is 0.287 e. The number of carbonyl (C=O) groups is 1. The lowest BCUT2D eigenvalue weighted by Crippen LogP contribution is -2.13. The molecule has 0 atom stereocenters. The highest BCUT2D eigenvalue weighted by Crippen LogP contribution is 2.27. The average molecular weight is 157 g/mol. The van der Waals surface area contributed by atoms with Gasteiger partial charge in [-0.3, -0.25) is 4.79 Å². The van der Waals surface area contributed by atoms with Crippen molar-refractivity contribution in [2.45, 2.75) is 32.1 Å². The Kier molecular flexibility index (Phi) is 3.26. The van der Waals surface area contributed by atoms with Crippen molar-refractivity contribution in [1.29, 1.82) is 0 Å². The SMILES string of the molecule is [CH2]SC(=O)C1CCCCC1. The summed E-state index contributed by atoms with van der Waals surface area (Å²) in [4.78, 5) is 11.1. The third-order valence-corrected chi connectivity index (χ3v) is 2.70. The molecule has 0 aliphatic heterocycles. The second-order valence-corrected chi connectivity index (χ2v) is 3.49. The molecule has 0 aromatic rings. The Balaban J connectivity index is 2.31. The molecule has 1 rings (SSSR count). The monoisotopic (exact) mass is 157 g/mol. The number of hydrogen-bond acceptors (Lipinski definition) is 2.